The first-order valence-corrected chi connectivity index (χ1v) is 8.84. The van der Waals surface area contributed by atoms with Crippen molar-refractivity contribution in [3.05, 3.63) is 46.5 Å². The minimum atomic E-state index is -0.982. The summed E-state index contributed by atoms with van der Waals surface area (Å²) < 4.78 is 5.25. The fraction of sp³-hybridized carbons (Fsp3) is 0.278. The second-order valence-electron chi connectivity index (χ2n) is 6.31. The van der Waals surface area contributed by atoms with Gasteiger partial charge in [-0.1, -0.05) is 0 Å². The molecular formula is C18H18ClN5O3. The Morgan fingerprint density at radius 1 is 1.41 bits per heavy atom. The number of aromatic nitrogens is 3. The number of methoxy groups -OCH3 is 1. The first-order valence-electron chi connectivity index (χ1n) is 8.46. The largest absolute Gasteiger partial charge is 0.497 e. The van der Waals surface area contributed by atoms with E-state index in [1.165, 1.54) is 10.5 Å². The highest BCUT2D eigenvalue weighted by Crippen LogP contribution is 2.28. The molecule has 140 valence electrons. The molecule has 1 aliphatic rings. The lowest BCUT2D eigenvalue weighted by atomic mass is 10.1. The molecule has 1 amide bonds. The number of carboxylic acid groups (broad SMARTS) is 1. The van der Waals surface area contributed by atoms with Crippen molar-refractivity contribution >= 4 is 34.4 Å². The highest BCUT2D eigenvalue weighted by Gasteiger charge is 2.28. The fourth-order valence-corrected chi connectivity index (χ4v) is 3.51. The van der Waals surface area contributed by atoms with Crippen LogP contribution in [0.2, 0.25) is 5.28 Å². The smallest absolute Gasteiger partial charge is 0.407 e. The second-order valence-corrected chi connectivity index (χ2v) is 6.65. The third-order valence-corrected chi connectivity index (χ3v) is 4.86. The summed E-state index contributed by atoms with van der Waals surface area (Å²) in [7, 11) is 1.64. The number of amides is 1. The van der Waals surface area contributed by atoms with Gasteiger partial charge in [0, 0.05) is 35.3 Å². The molecular weight excluding hydrogens is 370 g/mol. The van der Waals surface area contributed by atoms with Gasteiger partial charge in [-0.2, -0.15) is 0 Å². The molecule has 9 heteroatoms. The van der Waals surface area contributed by atoms with Gasteiger partial charge in [0.15, 0.2) is 0 Å². The summed E-state index contributed by atoms with van der Waals surface area (Å²) in [4.78, 5) is 24.2. The highest BCUT2D eigenvalue weighted by atomic mass is 35.5. The number of hydrogen-bond acceptors (Lipinski definition) is 5. The third kappa shape index (κ3) is 3.35. The lowest BCUT2D eigenvalue weighted by Crippen LogP contribution is -2.22. The van der Waals surface area contributed by atoms with Crippen molar-refractivity contribution in [3.8, 4) is 5.75 Å². The third-order valence-electron chi connectivity index (χ3n) is 4.69. The normalized spacial score (nSPS) is 13.0. The Balaban J connectivity index is 1.48. The second kappa shape index (κ2) is 6.96. The first kappa shape index (κ1) is 17.4. The Morgan fingerprint density at radius 3 is 3.04 bits per heavy atom. The van der Waals surface area contributed by atoms with E-state index in [-0.39, 0.29) is 18.4 Å². The Kier molecular flexibility index (Phi) is 4.49. The monoisotopic (exact) mass is 387 g/mol. The number of H-pyrrole nitrogens is 1. The molecule has 0 atom stereocenters. The van der Waals surface area contributed by atoms with Crippen LogP contribution in [-0.2, 0) is 19.5 Å². The highest BCUT2D eigenvalue weighted by molar-refractivity contribution is 6.28. The van der Waals surface area contributed by atoms with E-state index in [2.05, 4.69) is 20.3 Å². The fourth-order valence-electron chi connectivity index (χ4n) is 3.32. The van der Waals surface area contributed by atoms with Gasteiger partial charge in [0.1, 0.15) is 11.6 Å². The van der Waals surface area contributed by atoms with E-state index in [0.717, 1.165) is 28.6 Å². The standard InChI is InChI=1S/C18H18ClN5O3/c1-27-11-2-3-12-10(7-21-14(12)6-11)4-5-20-16-13-8-24(18(25)26)9-15(13)22-17(19)23-16/h2-3,6-7,21H,4-5,8-9H2,1H3,(H,25,26)(H,20,22,23). The average Bonchev–Trinajstić information content (AvgIpc) is 3.25. The Labute approximate surface area is 160 Å². The van der Waals surface area contributed by atoms with Gasteiger partial charge in [-0.3, -0.25) is 4.90 Å². The molecule has 0 bridgehead atoms. The van der Waals surface area contributed by atoms with Crippen molar-refractivity contribution in [2.24, 2.45) is 0 Å². The average molecular weight is 388 g/mol. The van der Waals surface area contributed by atoms with Crippen LogP contribution in [0, 0.1) is 0 Å². The Hall–Kier alpha value is -3.00. The summed E-state index contributed by atoms with van der Waals surface area (Å²) in [6, 6.07) is 5.93. The molecule has 0 saturated carbocycles. The van der Waals surface area contributed by atoms with Crippen LogP contribution in [0.4, 0.5) is 10.6 Å². The number of benzene rings is 1. The van der Waals surface area contributed by atoms with E-state index in [1.807, 2.05) is 24.4 Å². The van der Waals surface area contributed by atoms with Crippen molar-refractivity contribution in [2.45, 2.75) is 19.5 Å². The van der Waals surface area contributed by atoms with Crippen molar-refractivity contribution in [2.75, 3.05) is 19.0 Å². The van der Waals surface area contributed by atoms with Crippen LogP contribution < -0.4 is 10.1 Å². The van der Waals surface area contributed by atoms with Crippen LogP contribution in [0.25, 0.3) is 10.9 Å². The van der Waals surface area contributed by atoms with E-state index in [9.17, 15) is 9.90 Å². The predicted octanol–water partition coefficient (Wildman–Crippen LogP) is 3.27. The molecule has 0 unspecified atom stereocenters. The molecule has 3 aromatic rings. The molecule has 8 nitrogen and oxygen atoms in total. The molecule has 1 aromatic carbocycles. The zero-order valence-electron chi connectivity index (χ0n) is 14.6. The molecule has 0 fully saturated rings. The van der Waals surface area contributed by atoms with Crippen molar-refractivity contribution in [3.63, 3.8) is 0 Å². The minimum absolute atomic E-state index is 0.114. The van der Waals surface area contributed by atoms with E-state index in [0.29, 0.717) is 18.1 Å². The predicted molar refractivity (Wildman–Crippen MR) is 101 cm³/mol. The van der Waals surface area contributed by atoms with Gasteiger partial charge in [-0.05, 0) is 35.7 Å². The maximum absolute atomic E-state index is 11.2. The van der Waals surface area contributed by atoms with Gasteiger partial charge in [-0.15, -0.1) is 0 Å². The number of hydrogen-bond donors (Lipinski definition) is 3. The number of anilines is 1. The number of fused-ring (bicyclic) bond motifs is 2. The van der Waals surface area contributed by atoms with Gasteiger partial charge in [0.2, 0.25) is 5.28 Å². The molecule has 27 heavy (non-hydrogen) atoms. The summed E-state index contributed by atoms with van der Waals surface area (Å²) >= 11 is 6.00. The number of nitrogens with one attached hydrogen (secondary N) is 2. The van der Waals surface area contributed by atoms with Crippen molar-refractivity contribution < 1.29 is 14.6 Å². The summed E-state index contributed by atoms with van der Waals surface area (Å²) in [6.45, 7) is 1.12. The SMILES string of the molecule is COc1ccc2c(CCNc3nc(Cl)nc4c3CN(C(=O)O)C4)c[nH]c2c1. The van der Waals surface area contributed by atoms with E-state index in [1.54, 1.807) is 7.11 Å². The summed E-state index contributed by atoms with van der Waals surface area (Å²) in [6.07, 6.45) is 1.77. The molecule has 0 radical (unpaired) electrons. The number of halogens is 1. The van der Waals surface area contributed by atoms with Gasteiger partial charge < -0.3 is 20.1 Å². The lowest BCUT2D eigenvalue weighted by molar-refractivity contribution is 0.145. The minimum Gasteiger partial charge on any atom is -0.497 e. The molecule has 0 spiro atoms. The molecule has 3 heterocycles. The number of carbonyl (C=O) groups is 1. The topological polar surface area (TPSA) is 103 Å². The van der Waals surface area contributed by atoms with E-state index in [4.69, 9.17) is 16.3 Å². The van der Waals surface area contributed by atoms with Crippen LogP contribution in [0.15, 0.2) is 24.4 Å². The van der Waals surface area contributed by atoms with Gasteiger partial charge in [0.25, 0.3) is 0 Å². The number of rotatable bonds is 5. The maximum atomic E-state index is 11.2. The zero-order chi connectivity index (χ0) is 19.0. The van der Waals surface area contributed by atoms with Crippen LogP contribution >= 0.6 is 11.6 Å². The summed E-state index contributed by atoms with van der Waals surface area (Å²) in [5, 5.41) is 13.7. The first-order chi connectivity index (χ1) is 13.0. The Morgan fingerprint density at radius 2 is 2.26 bits per heavy atom. The molecule has 0 saturated heterocycles. The van der Waals surface area contributed by atoms with Crippen LogP contribution in [0.1, 0.15) is 16.8 Å². The van der Waals surface area contributed by atoms with Gasteiger partial charge in [0.05, 0.1) is 25.9 Å². The zero-order valence-corrected chi connectivity index (χ0v) is 15.4. The maximum Gasteiger partial charge on any atom is 0.407 e. The number of nitrogens with zero attached hydrogens (tertiary/aromatic N) is 3. The molecule has 4 rings (SSSR count). The van der Waals surface area contributed by atoms with Crippen LogP contribution in [0.5, 0.6) is 5.75 Å². The molecule has 0 aliphatic carbocycles. The van der Waals surface area contributed by atoms with Crippen molar-refractivity contribution in [1.82, 2.24) is 19.9 Å². The van der Waals surface area contributed by atoms with Gasteiger partial charge >= 0.3 is 6.09 Å². The molecule has 3 N–H and O–H groups in total. The summed E-state index contributed by atoms with van der Waals surface area (Å²) in [5.41, 5.74) is 3.63. The molecule has 1 aliphatic heterocycles. The Bertz CT molecular complexity index is 1020. The van der Waals surface area contributed by atoms with Gasteiger partial charge in [-0.25, -0.2) is 14.8 Å². The van der Waals surface area contributed by atoms with Crippen LogP contribution in [-0.4, -0.2) is 44.7 Å². The number of ether oxygens (including phenoxy) is 1. The lowest BCUT2D eigenvalue weighted by Gasteiger charge is -2.11. The van der Waals surface area contributed by atoms with Crippen LogP contribution in [0.3, 0.4) is 0 Å². The van der Waals surface area contributed by atoms with E-state index >= 15 is 0 Å². The number of aromatic amines is 1. The van der Waals surface area contributed by atoms with E-state index < -0.39 is 6.09 Å². The molecule has 2 aromatic heterocycles. The summed E-state index contributed by atoms with van der Waals surface area (Å²) in [5.74, 6) is 1.40. The van der Waals surface area contributed by atoms with Crippen molar-refractivity contribution in [1.29, 1.82) is 0 Å². The quantitative estimate of drug-likeness (QED) is 0.580.